The first-order valence-electron chi connectivity index (χ1n) is 6.92. The average Bonchev–Trinajstić information content (AvgIpc) is 2.37. The Morgan fingerprint density at radius 2 is 2.14 bits per heavy atom. The molecule has 1 aromatic carbocycles. The molecule has 2 N–H and O–H groups in total. The van der Waals surface area contributed by atoms with Gasteiger partial charge in [-0.2, -0.15) is 0 Å². The molecule has 1 atom stereocenters. The number of hydrogen-bond donors (Lipinski definition) is 1. The molecule has 0 saturated carbocycles. The lowest BCUT2D eigenvalue weighted by atomic mass is 10.2. The van der Waals surface area contributed by atoms with Gasteiger partial charge in [0.1, 0.15) is 5.82 Å². The van der Waals surface area contributed by atoms with Crippen molar-refractivity contribution >= 4 is 15.5 Å². The maximum atomic E-state index is 13.3. The van der Waals surface area contributed by atoms with Crippen molar-refractivity contribution in [1.82, 2.24) is 4.90 Å². The van der Waals surface area contributed by atoms with Gasteiger partial charge in [0, 0.05) is 24.8 Å². The van der Waals surface area contributed by atoms with Crippen molar-refractivity contribution in [2.24, 2.45) is 0 Å². The summed E-state index contributed by atoms with van der Waals surface area (Å²) in [5.74, 6) is -0.819. The molecule has 5 nitrogen and oxygen atoms in total. The third-order valence-electron chi connectivity index (χ3n) is 3.56. The van der Waals surface area contributed by atoms with Crippen LogP contribution >= 0.6 is 0 Å². The second-order valence-electron chi connectivity index (χ2n) is 5.58. The van der Waals surface area contributed by atoms with Crippen LogP contribution in [-0.2, 0) is 14.6 Å². The zero-order chi connectivity index (χ0) is 15.6. The summed E-state index contributed by atoms with van der Waals surface area (Å²) in [6.45, 7) is 5.97. The van der Waals surface area contributed by atoms with Crippen molar-refractivity contribution in [1.29, 1.82) is 0 Å². The molecule has 0 spiro atoms. The summed E-state index contributed by atoms with van der Waals surface area (Å²) in [4.78, 5) is 2.08. The maximum absolute atomic E-state index is 13.3. The normalized spacial score (nSPS) is 20.9. The number of morpholine rings is 1. The fourth-order valence-electron chi connectivity index (χ4n) is 2.42. The quantitative estimate of drug-likeness (QED) is 0.848. The maximum Gasteiger partial charge on any atom is 0.181 e. The number of nitrogens with two attached hydrogens (primary N) is 1. The molecule has 1 fully saturated rings. The van der Waals surface area contributed by atoms with Gasteiger partial charge in [0.2, 0.25) is 0 Å². The SMILES string of the molecule is CC(C)N1CCOC(CS(=O)(=O)c2cc(N)cc(F)c2)C1. The molecule has 0 radical (unpaired) electrons. The number of rotatable bonds is 4. The van der Waals surface area contributed by atoms with Crippen LogP contribution in [0.15, 0.2) is 23.1 Å². The lowest BCUT2D eigenvalue weighted by Crippen LogP contribution is -2.48. The van der Waals surface area contributed by atoms with Gasteiger partial charge in [-0.05, 0) is 32.0 Å². The third kappa shape index (κ3) is 4.15. The average molecular weight is 316 g/mol. The van der Waals surface area contributed by atoms with Crippen molar-refractivity contribution < 1.29 is 17.5 Å². The molecule has 1 aliphatic heterocycles. The Labute approximate surface area is 124 Å². The van der Waals surface area contributed by atoms with E-state index in [0.717, 1.165) is 18.7 Å². The molecule has 0 bridgehead atoms. The zero-order valence-corrected chi connectivity index (χ0v) is 13.1. The second kappa shape index (κ2) is 6.29. The summed E-state index contributed by atoms with van der Waals surface area (Å²) in [6.07, 6.45) is -0.407. The van der Waals surface area contributed by atoms with E-state index in [-0.39, 0.29) is 16.3 Å². The molecule has 7 heteroatoms. The molecule has 2 rings (SSSR count). The number of nitrogen functional groups attached to an aromatic ring is 1. The van der Waals surface area contributed by atoms with Gasteiger partial charge >= 0.3 is 0 Å². The number of ether oxygens (including phenoxy) is 1. The van der Waals surface area contributed by atoms with E-state index in [1.807, 2.05) is 0 Å². The Hall–Kier alpha value is -1.18. The van der Waals surface area contributed by atoms with Crippen LogP contribution in [0.25, 0.3) is 0 Å². The van der Waals surface area contributed by atoms with Crippen molar-refractivity contribution in [3.05, 3.63) is 24.0 Å². The fraction of sp³-hybridized carbons (Fsp3) is 0.571. The molecular formula is C14H21FN2O3S. The fourth-order valence-corrected chi connectivity index (χ4v) is 3.91. The lowest BCUT2D eigenvalue weighted by molar-refractivity contribution is -0.0272. The number of sulfone groups is 1. The molecule has 1 aromatic rings. The van der Waals surface area contributed by atoms with E-state index in [0.29, 0.717) is 19.2 Å². The minimum Gasteiger partial charge on any atom is -0.399 e. The summed E-state index contributed by atoms with van der Waals surface area (Å²) in [5, 5.41) is 0. The Bertz CT molecular complexity index is 584. The molecule has 0 amide bonds. The largest absolute Gasteiger partial charge is 0.399 e. The third-order valence-corrected chi connectivity index (χ3v) is 5.32. The van der Waals surface area contributed by atoms with Gasteiger partial charge in [0.25, 0.3) is 0 Å². The van der Waals surface area contributed by atoms with E-state index in [9.17, 15) is 12.8 Å². The van der Waals surface area contributed by atoms with Crippen LogP contribution in [0.4, 0.5) is 10.1 Å². The first-order valence-corrected chi connectivity index (χ1v) is 8.57. The predicted octanol–water partition coefficient (Wildman–Crippen LogP) is 1.29. The van der Waals surface area contributed by atoms with Gasteiger partial charge in [0.05, 0.1) is 23.4 Å². The van der Waals surface area contributed by atoms with Crippen molar-refractivity contribution in [2.45, 2.75) is 30.9 Å². The number of halogens is 1. The summed E-state index contributed by atoms with van der Waals surface area (Å²) in [7, 11) is -3.63. The van der Waals surface area contributed by atoms with E-state index in [4.69, 9.17) is 10.5 Å². The summed E-state index contributed by atoms with van der Waals surface area (Å²) < 4.78 is 43.6. The van der Waals surface area contributed by atoms with Crippen LogP contribution in [0.3, 0.4) is 0 Å². The van der Waals surface area contributed by atoms with Gasteiger partial charge in [-0.1, -0.05) is 0 Å². The van der Waals surface area contributed by atoms with Gasteiger partial charge in [0.15, 0.2) is 9.84 Å². The molecule has 0 aromatic heterocycles. The molecule has 1 saturated heterocycles. The van der Waals surface area contributed by atoms with E-state index in [1.165, 1.54) is 6.07 Å². The van der Waals surface area contributed by atoms with Gasteiger partial charge < -0.3 is 10.5 Å². The Balaban J connectivity index is 2.13. The summed E-state index contributed by atoms with van der Waals surface area (Å²) >= 11 is 0. The molecule has 1 heterocycles. The van der Waals surface area contributed by atoms with Crippen molar-refractivity contribution in [3.8, 4) is 0 Å². The molecular weight excluding hydrogens is 295 g/mol. The van der Waals surface area contributed by atoms with Gasteiger partial charge in [-0.15, -0.1) is 0 Å². The Morgan fingerprint density at radius 1 is 1.43 bits per heavy atom. The van der Waals surface area contributed by atoms with Crippen LogP contribution in [0.5, 0.6) is 0 Å². The van der Waals surface area contributed by atoms with E-state index in [2.05, 4.69) is 18.7 Å². The number of anilines is 1. The number of benzene rings is 1. The van der Waals surface area contributed by atoms with Crippen LogP contribution in [0, 0.1) is 5.82 Å². The molecule has 0 aliphatic carbocycles. The summed E-state index contributed by atoms with van der Waals surface area (Å²) in [5.41, 5.74) is 5.61. The second-order valence-corrected chi connectivity index (χ2v) is 7.62. The van der Waals surface area contributed by atoms with E-state index >= 15 is 0 Å². The minimum absolute atomic E-state index is 0.0923. The van der Waals surface area contributed by atoms with E-state index < -0.39 is 21.8 Å². The predicted molar refractivity (Wildman–Crippen MR) is 79.3 cm³/mol. The standard InChI is InChI=1S/C14H21FN2O3S/c1-10(2)17-3-4-20-13(8-17)9-21(18,19)14-6-11(15)5-12(16)7-14/h5-7,10,13H,3-4,8-9,16H2,1-2H3. The highest BCUT2D eigenvalue weighted by Crippen LogP contribution is 2.20. The Kier molecular flexibility index (Phi) is 4.85. The monoisotopic (exact) mass is 316 g/mol. The van der Waals surface area contributed by atoms with E-state index in [1.54, 1.807) is 0 Å². The Morgan fingerprint density at radius 3 is 2.76 bits per heavy atom. The lowest BCUT2D eigenvalue weighted by Gasteiger charge is -2.35. The van der Waals surface area contributed by atoms with Crippen LogP contribution in [-0.4, -0.2) is 50.9 Å². The molecule has 21 heavy (non-hydrogen) atoms. The summed E-state index contributed by atoms with van der Waals surface area (Å²) in [6, 6.07) is 3.70. The molecule has 1 unspecified atom stereocenters. The van der Waals surface area contributed by atoms with Gasteiger partial charge in [-0.25, -0.2) is 12.8 Å². The molecule has 1 aliphatic rings. The number of hydrogen-bond acceptors (Lipinski definition) is 5. The van der Waals surface area contributed by atoms with Crippen LogP contribution in [0.1, 0.15) is 13.8 Å². The first kappa shape index (κ1) is 16.2. The zero-order valence-electron chi connectivity index (χ0n) is 12.3. The van der Waals surface area contributed by atoms with Gasteiger partial charge in [-0.3, -0.25) is 4.90 Å². The topological polar surface area (TPSA) is 72.6 Å². The first-order chi connectivity index (χ1) is 9.78. The van der Waals surface area contributed by atoms with Crippen molar-refractivity contribution in [2.75, 3.05) is 31.2 Å². The highest BCUT2D eigenvalue weighted by molar-refractivity contribution is 7.91. The number of nitrogens with zero attached hydrogens (tertiary/aromatic N) is 1. The minimum atomic E-state index is -3.63. The highest BCUT2D eigenvalue weighted by Gasteiger charge is 2.28. The smallest absolute Gasteiger partial charge is 0.181 e. The van der Waals surface area contributed by atoms with Crippen LogP contribution < -0.4 is 5.73 Å². The highest BCUT2D eigenvalue weighted by atomic mass is 32.2. The van der Waals surface area contributed by atoms with Crippen LogP contribution in [0.2, 0.25) is 0 Å². The molecule has 118 valence electrons. The van der Waals surface area contributed by atoms with Crippen molar-refractivity contribution in [3.63, 3.8) is 0 Å².